The van der Waals surface area contributed by atoms with Crippen molar-refractivity contribution >= 4 is 28.8 Å². The molecule has 1 amide bonds. The number of amides is 1. The molecule has 4 aromatic rings. The molecule has 0 bridgehead atoms. The van der Waals surface area contributed by atoms with Crippen molar-refractivity contribution in [3.8, 4) is 11.3 Å². The normalized spacial score (nSPS) is 14.3. The van der Waals surface area contributed by atoms with Crippen molar-refractivity contribution in [2.24, 2.45) is 0 Å². The van der Waals surface area contributed by atoms with E-state index in [1.54, 1.807) is 17.9 Å². The second-order valence-electron chi connectivity index (χ2n) is 10.0. The molecule has 1 N–H and O–H groups in total. The van der Waals surface area contributed by atoms with E-state index in [1.165, 1.54) is 23.5 Å². The van der Waals surface area contributed by atoms with Gasteiger partial charge in [0.05, 0.1) is 21.7 Å². The zero-order chi connectivity index (χ0) is 29.1. The molecule has 2 aromatic heterocycles. The molecule has 1 aliphatic heterocycles. The van der Waals surface area contributed by atoms with Gasteiger partial charge in [0.2, 0.25) is 0 Å². The van der Waals surface area contributed by atoms with Gasteiger partial charge in [-0.2, -0.15) is 5.10 Å². The van der Waals surface area contributed by atoms with Crippen molar-refractivity contribution in [3.05, 3.63) is 93.7 Å². The number of anilines is 1. The van der Waals surface area contributed by atoms with Crippen LogP contribution < -0.4 is 4.90 Å². The van der Waals surface area contributed by atoms with Gasteiger partial charge in [-0.25, -0.2) is 14.2 Å². The number of rotatable bonds is 8. The number of carbonyl (C=O) groups excluding carboxylic acids is 1. The van der Waals surface area contributed by atoms with Crippen molar-refractivity contribution in [2.75, 3.05) is 31.1 Å². The molecule has 0 aliphatic carbocycles. The van der Waals surface area contributed by atoms with Crippen LogP contribution in [0.5, 0.6) is 0 Å². The topological polar surface area (TPSA) is 83.7 Å². The Hall–Kier alpha value is -4.02. The zero-order valence-electron chi connectivity index (χ0n) is 23.5. The Labute approximate surface area is 243 Å². The Kier molecular flexibility index (Phi) is 8.51. The highest BCUT2D eigenvalue weighted by Crippen LogP contribution is 2.41. The van der Waals surface area contributed by atoms with Crippen LogP contribution in [0.3, 0.4) is 0 Å². The SMILES string of the molecule is C=C(c1cn(CC)nc1N1CCN(C(=O)OCc2ccccc2)CC1)c1sc(C)nc1-c1ccc(F)cc1[C@@H](C)O. The third-order valence-corrected chi connectivity index (χ3v) is 8.19. The fraction of sp³-hybridized carbons (Fsp3) is 0.323. The van der Waals surface area contributed by atoms with Crippen LogP contribution in [0.25, 0.3) is 16.8 Å². The number of aryl methyl sites for hydroxylation is 2. The standard InChI is InChI=1S/C31H34FN5O3S/c1-5-37-18-27(20(2)29-28(33-22(4)41-29)25-12-11-24(32)17-26(25)21(3)38)30(34-37)35-13-15-36(16-14-35)31(39)40-19-23-9-7-6-8-10-23/h6-12,17-18,21,38H,2,5,13-16,19H2,1,3-4H3/t21-/m1/s1. The molecule has 10 heteroatoms. The van der Waals surface area contributed by atoms with E-state index in [9.17, 15) is 14.3 Å². The van der Waals surface area contributed by atoms with Crippen molar-refractivity contribution in [3.63, 3.8) is 0 Å². The highest BCUT2D eigenvalue weighted by Gasteiger charge is 2.28. The molecule has 5 rings (SSSR count). The third-order valence-electron chi connectivity index (χ3n) is 7.16. The second kappa shape index (κ2) is 12.2. The third kappa shape index (κ3) is 6.18. The summed E-state index contributed by atoms with van der Waals surface area (Å²) in [6.07, 6.45) is 0.796. The van der Waals surface area contributed by atoms with Gasteiger partial charge in [0, 0.05) is 50.0 Å². The van der Waals surface area contributed by atoms with Crippen molar-refractivity contribution in [1.82, 2.24) is 19.7 Å². The summed E-state index contributed by atoms with van der Waals surface area (Å²) >= 11 is 1.51. The maximum atomic E-state index is 14.1. The van der Waals surface area contributed by atoms with Gasteiger partial charge in [-0.1, -0.05) is 36.9 Å². The van der Waals surface area contributed by atoms with Gasteiger partial charge in [0.15, 0.2) is 5.82 Å². The van der Waals surface area contributed by atoms with Gasteiger partial charge in [0.1, 0.15) is 12.4 Å². The predicted molar refractivity (Wildman–Crippen MR) is 159 cm³/mol. The molecular formula is C31H34FN5O3S. The molecule has 2 aromatic carbocycles. The fourth-order valence-corrected chi connectivity index (χ4v) is 5.88. The largest absolute Gasteiger partial charge is 0.445 e. The molecule has 1 atom stereocenters. The summed E-state index contributed by atoms with van der Waals surface area (Å²) in [6, 6.07) is 14.0. The molecule has 214 valence electrons. The lowest BCUT2D eigenvalue weighted by atomic mass is 9.97. The van der Waals surface area contributed by atoms with E-state index in [0.29, 0.717) is 49.5 Å². The molecule has 1 fully saturated rings. The number of benzene rings is 2. The summed E-state index contributed by atoms with van der Waals surface area (Å²) in [5.74, 6) is 0.382. The molecule has 8 nitrogen and oxygen atoms in total. The van der Waals surface area contributed by atoms with Crippen LogP contribution in [0.1, 0.15) is 46.5 Å². The average molecular weight is 576 g/mol. The predicted octanol–water partition coefficient (Wildman–Crippen LogP) is 6.05. The van der Waals surface area contributed by atoms with E-state index in [2.05, 4.69) is 11.5 Å². The van der Waals surface area contributed by atoms with Crippen LogP contribution in [-0.4, -0.2) is 57.0 Å². The first kappa shape index (κ1) is 28.5. The maximum absolute atomic E-state index is 14.1. The minimum absolute atomic E-state index is 0.242. The summed E-state index contributed by atoms with van der Waals surface area (Å²) in [5.41, 5.74) is 4.39. The van der Waals surface area contributed by atoms with E-state index in [1.807, 2.05) is 55.1 Å². The molecule has 0 spiro atoms. The van der Waals surface area contributed by atoms with E-state index in [4.69, 9.17) is 14.8 Å². The first-order valence-electron chi connectivity index (χ1n) is 13.7. The maximum Gasteiger partial charge on any atom is 0.410 e. The minimum Gasteiger partial charge on any atom is -0.445 e. The summed E-state index contributed by atoms with van der Waals surface area (Å²) < 4.78 is 21.5. The van der Waals surface area contributed by atoms with Crippen LogP contribution in [0.2, 0.25) is 0 Å². The molecule has 41 heavy (non-hydrogen) atoms. The van der Waals surface area contributed by atoms with Crippen LogP contribution in [0.15, 0.2) is 61.3 Å². The summed E-state index contributed by atoms with van der Waals surface area (Å²) in [7, 11) is 0. The Bertz CT molecular complexity index is 1540. The molecule has 1 aliphatic rings. The highest BCUT2D eigenvalue weighted by molar-refractivity contribution is 7.13. The molecule has 0 saturated carbocycles. The Morgan fingerprint density at radius 3 is 2.59 bits per heavy atom. The lowest BCUT2D eigenvalue weighted by molar-refractivity contribution is 0.0941. The van der Waals surface area contributed by atoms with Gasteiger partial charge in [-0.3, -0.25) is 4.68 Å². The summed E-state index contributed by atoms with van der Waals surface area (Å²) in [4.78, 5) is 22.2. The fourth-order valence-electron chi connectivity index (χ4n) is 4.96. The van der Waals surface area contributed by atoms with Crippen LogP contribution in [0.4, 0.5) is 15.0 Å². The number of piperazine rings is 1. The van der Waals surface area contributed by atoms with E-state index in [-0.39, 0.29) is 12.7 Å². The highest BCUT2D eigenvalue weighted by atomic mass is 32.1. The Balaban J connectivity index is 1.36. The Morgan fingerprint density at radius 1 is 1.17 bits per heavy atom. The van der Waals surface area contributed by atoms with Gasteiger partial charge >= 0.3 is 6.09 Å². The molecule has 1 saturated heterocycles. The first-order chi connectivity index (χ1) is 19.7. The van der Waals surface area contributed by atoms with Gasteiger partial charge in [-0.05, 0) is 55.7 Å². The number of thiazole rings is 1. The second-order valence-corrected chi connectivity index (χ2v) is 11.2. The van der Waals surface area contributed by atoms with Gasteiger partial charge < -0.3 is 19.6 Å². The number of aliphatic hydroxyl groups is 1. The van der Waals surface area contributed by atoms with E-state index < -0.39 is 11.9 Å². The molecular weight excluding hydrogens is 541 g/mol. The smallest absolute Gasteiger partial charge is 0.410 e. The number of hydrogen-bond donors (Lipinski definition) is 1. The molecule has 0 radical (unpaired) electrons. The van der Waals surface area contributed by atoms with Gasteiger partial charge in [0.25, 0.3) is 0 Å². The number of nitrogens with zero attached hydrogens (tertiary/aromatic N) is 5. The van der Waals surface area contributed by atoms with E-state index in [0.717, 1.165) is 32.4 Å². The zero-order valence-corrected chi connectivity index (χ0v) is 24.3. The summed E-state index contributed by atoms with van der Waals surface area (Å²) in [5, 5.41) is 16.1. The lowest BCUT2D eigenvalue weighted by Crippen LogP contribution is -2.49. The number of carbonyl (C=O) groups is 1. The lowest BCUT2D eigenvalue weighted by Gasteiger charge is -2.34. The Morgan fingerprint density at radius 2 is 1.90 bits per heavy atom. The number of aliphatic hydroxyl groups excluding tert-OH is 1. The van der Waals surface area contributed by atoms with Crippen molar-refractivity contribution in [1.29, 1.82) is 0 Å². The quantitative estimate of drug-likeness (QED) is 0.276. The average Bonchev–Trinajstić information content (AvgIpc) is 3.60. The van der Waals surface area contributed by atoms with Crippen molar-refractivity contribution in [2.45, 2.75) is 40.0 Å². The van der Waals surface area contributed by atoms with Crippen molar-refractivity contribution < 1.29 is 19.0 Å². The van der Waals surface area contributed by atoms with Crippen LogP contribution in [0, 0.1) is 12.7 Å². The van der Waals surface area contributed by atoms with Crippen LogP contribution >= 0.6 is 11.3 Å². The first-order valence-corrected chi connectivity index (χ1v) is 14.5. The number of hydrogen-bond acceptors (Lipinski definition) is 7. The van der Waals surface area contributed by atoms with Crippen LogP contribution in [-0.2, 0) is 17.9 Å². The molecule has 3 heterocycles. The van der Waals surface area contributed by atoms with E-state index >= 15 is 0 Å². The monoisotopic (exact) mass is 575 g/mol. The van der Waals surface area contributed by atoms with Gasteiger partial charge in [-0.15, -0.1) is 11.3 Å². The minimum atomic E-state index is -0.863. The molecule has 0 unspecified atom stereocenters. The number of aromatic nitrogens is 3. The summed E-state index contributed by atoms with van der Waals surface area (Å²) in [6.45, 7) is 13.2. The number of ether oxygens (including phenoxy) is 1. The number of halogens is 1.